The molecule has 1 heterocycles. The van der Waals surface area contributed by atoms with Crippen molar-refractivity contribution in [3.05, 3.63) is 156 Å². The van der Waals surface area contributed by atoms with Crippen molar-refractivity contribution in [1.82, 2.24) is 53.2 Å². The van der Waals surface area contributed by atoms with Gasteiger partial charge >= 0.3 is 30.3 Å². The molecule has 36 nitrogen and oxygen atoms in total. The largest absolute Gasteiger partial charge is 0.490 e. The van der Waals surface area contributed by atoms with Gasteiger partial charge in [0, 0.05) is 13.0 Å². The molecular weight excluding hydrogens is 1620 g/mol. The molecule has 15 atom stereocenters. The lowest BCUT2D eigenvalue weighted by Crippen LogP contribution is -2.64. The number of aliphatic imine (C=N–C) groups is 1. The van der Waals surface area contributed by atoms with Crippen LogP contribution in [0.15, 0.2) is 145 Å². The maximum atomic E-state index is 15.8. The van der Waals surface area contributed by atoms with Gasteiger partial charge in [0.1, 0.15) is 48.3 Å². The first kappa shape index (κ1) is 102. The monoisotopic (exact) mass is 1720 g/mol. The summed E-state index contributed by atoms with van der Waals surface area (Å²) >= 11 is 0. The third-order valence-corrected chi connectivity index (χ3v) is 18.5. The number of cyclic esters (lactones) is 1. The highest BCUT2D eigenvalue weighted by Crippen LogP contribution is 2.27. The van der Waals surface area contributed by atoms with Gasteiger partial charge in [-0.2, -0.15) is 26.3 Å². The molecule has 0 unspecified atom stereocenters. The van der Waals surface area contributed by atoms with Gasteiger partial charge in [-0.1, -0.05) is 187 Å². The summed E-state index contributed by atoms with van der Waals surface area (Å²) in [5.74, 6) is -22.8. The van der Waals surface area contributed by atoms with Gasteiger partial charge in [0.05, 0.1) is 31.4 Å². The van der Waals surface area contributed by atoms with Crippen LogP contribution in [0.3, 0.4) is 0 Å². The summed E-state index contributed by atoms with van der Waals surface area (Å²) in [4.78, 5) is 196. The van der Waals surface area contributed by atoms with E-state index in [9.17, 15) is 89.9 Å². The third kappa shape index (κ3) is 33.1. The Morgan fingerprint density at radius 2 is 0.984 bits per heavy atom. The number of carbonyl (C=O) groups excluding carboxylic acids is 12. The predicted molar refractivity (Wildman–Crippen MR) is 426 cm³/mol. The zero-order chi connectivity index (χ0) is 91.6. The summed E-state index contributed by atoms with van der Waals surface area (Å²) in [6.07, 6.45) is -18.9. The van der Waals surface area contributed by atoms with E-state index in [1.165, 1.54) is 44.2 Å². The molecular formula is C80H103F6N15O21. The minimum absolute atomic E-state index is 0.0298. The maximum Gasteiger partial charge on any atom is 0.490 e. The fourth-order valence-electron chi connectivity index (χ4n) is 11.7. The average molecular weight is 1720 g/mol. The van der Waals surface area contributed by atoms with Gasteiger partial charge in [-0.25, -0.2) is 14.4 Å². The van der Waals surface area contributed by atoms with Crippen LogP contribution in [0.2, 0.25) is 0 Å². The number of amides is 11. The number of aliphatic hydroxyl groups is 4. The van der Waals surface area contributed by atoms with Gasteiger partial charge in [-0.05, 0) is 89.3 Å². The molecule has 5 aromatic carbocycles. The van der Waals surface area contributed by atoms with E-state index < -0.39 is 211 Å². The van der Waals surface area contributed by atoms with E-state index in [1.807, 2.05) is 78.1 Å². The van der Waals surface area contributed by atoms with E-state index in [1.54, 1.807) is 64.1 Å². The number of hydrogen-bond acceptors (Lipinski definition) is 21. The van der Waals surface area contributed by atoms with E-state index >= 15 is 14.4 Å². The first-order valence-corrected chi connectivity index (χ1v) is 38.1. The Hall–Kier alpha value is -12.7. The Kier molecular flexibility index (Phi) is 40.5. The number of aliphatic hydroxyl groups excluding tert-OH is 4. The lowest BCUT2D eigenvalue weighted by Gasteiger charge is -2.33. The molecule has 1 saturated heterocycles. The van der Waals surface area contributed by atoms with Crippen LogP contribution >= 0.6 is 0 Å². The smallest absolute Gasteiger partial charge is 0.475 e. The van der Waals surface area contributed by atoms with Crippen LogP contribution in [0.4, 0.5) is 26.3 Å². The summed E-state index contributed by atoms with van der Waals surface area (Å²) in [6.45, 7) is 8.20. The molecule has 6 rings (SSSR count). The Bertz CT molecular complexity index is 4360. The number of halogens is 6. The van der Waals surface area contributed by atoms with Crippen molar-refractivity contribution >= 4 is 88.8 Å². The van der Waals surface area contributed by atoms with E-state index in [4.69, 9.17) is 47.5 Å². The van der Waals surface area contributed by atoms with Crippen molar-refractivity contribution in [2.75, 3.05) is 19.7 Å². The summed E-state index contributed by atoms with van der Waals surface area (Å²) < 4.78 is 69.5. The number of carboxylic acids is 2. The number of nitrogens with zero attached hydrogens (tertiary/aromatic N) is 1. The van der Waals surface area contributed by atoms with Crippen molar-refractivity contribution in [2.24, 2.45) is 45.7 Å². The molecule has 0 radical (unpaired) electrons. The molecule has 42 heteroatoms. The molecule has 0 bridgehead atoms. The molecule has 1 aliphatic heterocycles. The number of nitrogens with one attached hydrogen (secondary N) is 10. The molecule has 24 N–H and O–H groups in total. The molecule has 0 spiro atoms. The second kappa shape index (κ2) is 48.5. The van der Waals surface area contributed by atoms with E-state index in [2.05, 4.69) is 52.8 Å². The van der Waals surface area contributed by atoms with Crippen LogP contribution in [-0.2, 0) is 84.7 Å². The molecule has 666 valence electrons. The molecule has 0 aliphatic carbocycles. The number of aliphatic carboxylic acids is 2. The van der Waals surface area contributed by atoms with Gasteiger partial charge in [-0.3, -0.25) is 57.7 Å². The van der Waals surface area contributed by atoms with Crippen LogP contribution in [0.1, 0.15) is 96.9 Å². The number of esters is 1. The number of ether oxygens (including phenoxy) is 1. The minimum Gasteiger partial charge on any atom is -0.475 e. The first-order chi connectivity index (χ1) is 57.2. The van der Waals surface area contributed by atoms with Crippen LogP contribution in [0.5, 0.6) is 0 Å². The van der Waals surface area contributed by atoms with E-state index in [0.717, 1.165) is 29.2 Å². The molecule has 1 aliphatic rings. The molecule has 1 fully saturated rings. The first-order valence-electron chi connectivity index (χ1n) is 38.1. The zero-order valence-electron chi connectivity index (χ0n) is 67.3. The van der Waals surface area contributed by atoms with Crippen molar-refractivity contribution in [1.29, 1.82) is 0 Å². The quantitative estimate of drug-likeness (QED) is 0.0116. The highest BCUT2D eigenvalue weighted by Gasteiger charge is 2.45. The van der Waals surface area contributed by atoms with Gasteiger partial charge in [-0.15, -0.1) is 0 Å². The Labute approximate surface area is 696 Å². The number of benzene rings is 5. The van der Waals surface area contributed by atoms with Crippen molar-refractivity contribution in [2.45, 2.75) is 184 Å². The Morgan fingerprint density at radius 3 is 1.44 bits per heavy atom. The van der Waals surface area contributed by atoms with Crippen molar-refractivity contribution < 1.29 is 129 Å². The zero-order valence-corrected chi connectivity index (χ0v) is 67.3. The highest BCUT2D eigenvalue weighted by atomic mass is 19.4. The Morgan fingerprint density at radius 1 is 0.541 bits per heavy atom. The summed E-state index contributed by atoms with van der Waals surface area (Å²) in [7, 11) is 0. The van der Waals surface area contributed by atoms with Gasteiger partial charge in [0.25, 0.3) is 0 Å². The molecule has 0 saturated carbocycles. The number of primary amides is 1. The fraction of sp³-hybridized carbons (Fsp3) is 0.438. The standard InChI is InChI=1S/C76H101N15O17.2C2HF3O2/c1-8-42(6)57-71(103)89-58(43(7)93)70(102)82-38-56(94)87-60(63(96)65(78)97)73(105)86-55(39-92)75(107)108-64(50-23-16-11-17-24-50)61(74(106)90-59(62(95)41(4)5)72(104)85-53(35-40(2)3)68(100)83-52(67(99)88-57)25-18-34-81-76(79)80)91-69(101)54(37-45-28-32-49(33-29-45)47-21-14-10-15-22-47)84-66(98)51(77)36-44-26-30-48(31-27-44)46-19-12-9-13-20-46;2*3-2(4,5)1(6)7/h9-17,19-24,26-33,40-43,51-55,57-64,92-93,95-96H,8,18,25,34-39,77H2,1-7H3,(H2,78,97)(H,82,102)(H,83,100)(H,84,98)(H,85,104)(H,86,105)(H,87,94)(H,88,99)(H,89,103)(H,90,106)(H,91,101)(H4,79,80,81);2*(H,6,7)/t42-,43-,51+,52+,53-,54-,55-,57-,58-,59-,60-,61-,62+,63-,64+;;/m0../s1. The number of rotatable bonds is 25. The molecule has 0 aromatic heterocycles. The summed E-state index contributed by atoms with van der Waals surface area (Å²) in [5, 5.41) is 83.5. The minimum atomic E-state index is -5.08. The molecule has 11 amide bonds. The molecule has 5 aromatic rings. The topological polar surface area (TPSA) is 606 Å². The highest BCUT2D eigenvalue weighted by molar-refractivity contribution is 6.00. The van der Waals surface area contributed by atoms with Crippen molar-refractivity contribution in [3.8, 4) is 22.3 Å². The number of guanidine groups is 1. The van der Waals surface area contributed by atoms with Crippen LogP contribution < -0.4 is 76.1 Å². The number of carbonyl (C=O) groups is 14. The average Bonchev–Trinajstić information content (AvgIpc) is 0.808. The van der Waals surface area contributed by atoms with Crippen LogP contribution in [0.25, 0.3) is 22.3 Å². The maximum absolute atomic E-state index is 15.8. The van der Waals surface area contributed by atoms with Crippen molar-refractivity contribution in [3.63, 3.8) is 0 Å². The Balaban J connectivity index is 0.00000204. The van der Waals surface area contributed by atoms with Crippen LogP contribution in [-0.4, -0.2) is 230 Å². The number of carboxylic acid groups (broad SMARTS) is 2. The van der Waals surface area contributed by atoms with Crippen LogP contribution in [0, 0.1) is 17.8 Å². The number of nitrogens with two attached hydrogens (primary N) is 4. The molecule has 122 heavy (non-hydrogen) atoms. The van der Waals surface area contributed by atoms with Gasteiger partial charge in [0.2, 0.25) is 65.0 Å². The van der Waals surface area contributed by atoms with Gasteiger partial charge < -0.3 is 111 Å². The fourth-order valence-corrected chi connectivity index (χ4v) is 11.7. The lowest BCUT2D eigenvalue weighted by atomic mass is 9.95. The lowest BCUT2D eigenvalue weighted by molar-refractivity contribution is -0.193. The summed E-state index contributed by atoms with van der Waals surface area (Å²) in [6, 6.07) is 21.6. The van der Waals surface area contributed by atoms with E-state index in [0.29, 0.717) is 11.1 Å². The third-order valence-electron chi connectivity index (χ3n) is 18.5. The second-order valence-corrected chi connectivity index (χ2v) is 28.9. The van der Waals surface area contributed by atoms with Gasteiger partial charge in [0.15, 0.2) is 24.2 Å². The SMILES string of the molecule is CC[C@H](C)[C@@H]1NC(=O)[C@@H](CCCN=C(N)N)NC(=O)[C@H](CC(C)C)NC(=O)[C@H]([C@H](O)C(C)C)NC(=O)[C@@H](NC(=O)[C@H](Cc2ccc(-c3ccccc3)cc2)NC(=O)[C@H](N)Cc2ccc(-c3ccccc3)cc2)[C@@H](c2ccccc2)OC(=O)[C@H](CO)NC(=O)[C@H]([C@H](O)C(N)=O)NC(=O)CNC(=O)[C@H]([C@H](C)O)NC1=O.O=C(O)C(F)(F)F.O=C(O)C(F)(F)F. The number of alkyl halides is 6. The predicted octanol–water partition coefficient (Wildman–Crippen LogP) is -0.441. The van der Waals surface area contributed by atoms with E-state index in [-0.39, 0.29) is 56.6 Å². The normalized spacial score (nSPS) is 21.0. The second-order valence-electron chi connectivity index (χ2n) is 28.9. The number of hydrogen-bond donors (Lipinski definition) is 20. The summed E-state index contributed by atoms with van der Waals surface area (Å²) in [5.41, 5.74) is 27.7.